The Labute approximate surface area is 93.4 Å². The van der Waals surface area contributed by atoms with Crippen LogP contribution >= 0.6 is 10.6 Å². The average molecular weight is 237 g/mol. The molecular formula is C9H23N3O2S. The number of hydrogen-bond acceptors (Lipinski definition) is 5. The summed E-state index contributed by atoms with van der Waals surface area (Å²) in [4.78, 5) is 11.5. The van der Waals surface area contributed by atoms with Crippen LogP contribution in [0.1, 0.15) is 34.1 Å². The van der Waals surface area contributed by atoms with Gasteiger partial charge in [-0.2, -0.15) is 0 Å². The van der Waals surface area contributed by atoms with Crippen molar-refractivity contribution in [2.45, 2.75) is 45.5 Å². The zero-order chi connectivity index (χ0) is 12.2. The van der Waals surface area contributed by atoms with Gasteiger partial charge in [0.05, 0.1) is 12.0 Å². The van der Waals surface area contributed by atoms with E-state index in [0.717, 1.165) is 0 Å². The second-order valence-electron chi connectivity index (χ2n) is 4.25. The minimum atomic E-state index is -2.07. The molecule has 2 atom stereocenters. The molecule has 0 aliphatic rings. The molecule has 0 bridgehead atoms. The fourth-order valence-electron chi connectivity index (χ4n) is 1.11. The first-order valence-corrected chi connectivity index (χ1v) is 6.89. The lowest BCUT2D eigenvalue weighted by Gasteiger charge is -2.33. The van der Waals surface area contributed by atoms with Gasteiger partial charge in [-0.25, -0.2) is 0 Å². The third-order valence-corrected chi connectivity index (χ3v) is 3.72. The Bertz CT molecular complexity index is 216. The quantitative estimate of drug-likeness (QED) is 0.613. The fourth-order valence-corrected chi connectivity index (χ4v) is 1.73. The van der Waals surface area contributed by atoms with Crippen LogP contribution in [0.2, 0.25) is 0 Å². The van der Waals surface area contributed by atoms with E-state index < -0.39 is 10.6 Å². The molecule has 2 unspecified atom stereocenters. The minimum absolute atomic E-state index is 0.0628. The molecule has 0 aromatic heterocycles. The Hall–Kier alpha value is -0.300. The van der Waals surface area contributed by atoms with E-state index in [1.165, 1.54) is 0 Å². The number of carbonyl (C=O) groups excluding carboxylic acids is 1. The van der Waals surface area contributed by atoms with Crippen LogP contribution in [0.15, 0.2) is 0 Å². The van der Waals surface area contributed by atoms with Crippen LogP contribution in [-0.2, 0) is 9.53 Å². The largest absolute Gasteiger partial charge is 0.463 e. The van der Waals surface area contributed by atoms with Gasteiger partial charge in [0.25, 0.3) is 0 Å². The predicted molar refractivity (Wildman–Crippen MR) is 64.6 cm³/mol. The summed E-state index contributed by atoms with van der Waals surface area (Å²) in [6, 6.07) is 0. The van der Waals surface area contributed by atoms with Crippen LogP contribution in [0, 0.1) is 5.92 Å². The van der Waals surface area contributed by atoms with E-state index in [0.29, 0.717) is 6.42 Å². The molecule has 6 heteroatoms. The SMILES string of the molecule is CC(C)OC(=O)C(C)CC(C)S(N)(N)N. The first kappa shape index (κ1) is 14.7. The number of hydrogen-bond donors (Lipinski definition) is 3. The van der Waals surface area contributed by atoms with Crippen molar-refractivity contribution in [3.05, 3.63) is 0 Å². The lowest BCUT2D eigenvalue weighted by atomic mass is 10.1. The molecule has 0 rings (SSSR count). The van der Waals surface area contributed by atoms with Crippen LogP contribution in [0.5, 0.6) is 0 Å². The van der Waals surface area contributed by atoms with Crippen molar-refractivity contribution in [1.29, 1.82) is 0 Å². The van der Waals surface area contributed by atoms with Gasteiger partial charge < -0.3 is 4.74 Å². The summed E-state index contributed by atoms with van der Waals surface area (Å²) in [7, 11) is -2.07. The molecule has 0 aliphatic carbocycles. The second kappa shape index (κ2) is 5.69. The van der Waals surface area contributed by atoms with E-state index in [9.17, 15) is 4.79 Å². The Morgan fingerprint density at radius 3 is 2.00 bits per heavy atom. The summed E-state index contributed by atoms with van der Waals surface area (Å²) in [5.41, 5.74) is 0. The maximum absolute atomic E-state index is 11.5. The minimum Gasteiger partial charge on any atom is -0.463 e. The van der Waals surface area contributed by atoms with E-state index in [-0.39, 0.29) is 23.2 Å². The molecule has 0 saturated carbocycles. The normalized spacial score (nSPS) is 17.3. The lowest BCUT2D eigenvalue weighted by molar-refractivity contribution is -0.151. The van der Waals surface area contributed by atoms with Crippen molar-refractivity contribution in [3.63, 3.8) is 0 Å². The van der Waals surface area contributed by atoms with E-state index in [1.54, 1.807) is 6.92 Å². The second-order valence-corrected chi connectivity index (χ2v) is 6.69. The van der Waals surface area contributed by atoms with Crippen molar-refractivity contribution in [2.75, 3.05) is 0 Å². The summed E-state index contributed by atoms with van der Waals surface area (Å²) in [5.74, 6) is -0.439. The van der Waals surface area contributed by atoms with Gasteiger partial charge in [-0.3, -0.25) is 20.2 Å². The highest BCUT2D eigenvalue weighted by Crippen LogP contribution is 2.31. The molecule has 0 aliphatic heterocycles. The lowest BCUT2D eigenvalue weighted by Crippen LogP contribution is -2.38. The van der Waals surface area contributed by atoms with Crippen LogP contribution in [0.3, 0.4) is 0 Å². The number of carbonyl (C=O) groups is 1. The van der Waals surface area contributed by atoms with E-state index in [4.69, 9.17) is 20.2 Å². The molecule has 0 amide bonds. The molecular weight excluding hydrogens is 214 g/mol. The Morgan fingerprint density at radius 1 is 1.20 bits per heavy atom. The van der Waals surface area contributed by atoms with Gasteiger partial charge in [0.15, 0.2) is 0 Å². The van der Waals surface area contributed by atoms with E-state index in [2.05, 4.69) is 0 Å². The first-order valence-electron chi connectivity index (χ1n) is 5.00. The van der Waals surface area contributed by atoms with Gasteiger partial charge in [-0.1, -0.05) is 24.4 Å². The smallest absolute Gasteiger partial charge is 0.308 e. The number of esters is 1. The Morgan fingerprint density at radius 2 is 1.67 bits per heavy atom. The standard InChI is InChI=1S/C9H23N3O2S/c1-6(2)14-9(13)7(3)5-8(4)15(10,11)12/h6-8H,5,10-12H2,1-4H3. The Balaban J connectivity index is 4.13. The molecule has 0 saturated heterocycles. The first-order chi connectivity index (χ1) is 6.64. The van der Waals surface area contributed by atoms with Gasteiger partial charge in [0.2, 0.25) is 0 Å². The zero-order valence-corrected chi connectivity index (χ0v) is 10.7. The van der Waals surface area contributed by atoms with Gasteiger partial charge in [0, 0.05) is 5.25 Å². The summed E-state index contributed by atoms with van der Waals surface area (Å²) in [6.07, 6.45) is 0.464. The zero-order valence-electron chi connectivity index (χ0n) is 9.90. The van der Waals surface area contributed by atoms with E-state index >= 15 is 0 Å². The molecule has 5 nitrogen and oxygen atoms in total. The molecule has 0 aromatic rings. The Kier molecular flexibility index (Phi) is 5.58. The maximum atomic E-state index is 11.5. The summed E-state index contributed by atoms with van der Waals surface area (Å²) in [5, 5.41) is 16.8. The molecule has 0 aromatic carbocycles. The average Bonchev–Trinajstić information content (AvgIpc) is 2.00. The highest BCUT2D eigenvalue weighted by molar-refractivity contribution is 8.28. The number of ether oxygens (including phenoxy) is 1. The van der Waals surface area contributed by atoms with Crippen LogP contribution in [0.25, 0.3) is 0 Å². The molecule has 92 valence electrons. The fraction of sp³-hybridized carbons (Fsp3) is 0.889. The molecule has 0 radical (unpaired) electrons. The van der Waals surface area contributed by atoms with Crippen molar-refractivity contribution >= 4 is 16.6 Å². The van der Waals surface area contributed by atoms with Crippen LogP contribution < -0.4 is 15.4 Å². The predicted octanol–water partition coefficient (Wildman–Crippen LogP) is 0.778. The van der Waals surface area contributed by atoms with Crippen LogP contribution in [0.4, 0.5) is 0 Å². The topological polar surface area (TPSA) is 104 Å². The van der Waals surface area contributed by atoms with Gasteiger partial charge in [0.1, 0.15) is 0 Å². The monoisotopic (exact) mass is 237 g/mol. The third kappa shape index (κ3) is 5.99. The van der Waals surface area contributed by atoms with Crippen LogP contribution in [-0.4, -0.2) is 17.3 Å². The molecule has 0 spiro atoms. The highest BCUT2D eigenvalue weighted by Gasteiger charge is 2.24. The molecule has 15 heavy (non-hydrogen) atoms. The van der Waals surface area contributed by atoms with Crippen molar-refractivity contribution in [3.8, 4) is 0 Å². The van der Waals surface area contributed by atoms with Gasteiger partial charge >= 0.3 is 5.97 Å². The van der Waals surface area contributed by atoms with Gasteiger partial charge in [-0.15, -0.1) is 0 Å². The van der Waals surface area contributed by atoms with Crippen molar-refractivity contribution in [2.24, 2.45) is 21.3 Å². The van der Waals surface area contributed by atoms with E-state index in [1.807, 2.05) is 20.8 Å². The third-order valence-electron chi connectivity index (χ3n) is 2.14. The van der Waals surface area contributed by atoms with Gasteiger partial charge in [-0.05, 0) is 20.3 Å². The highest BCUT2D eigenvalue weighted by atomic mass is 32.3. The summed E-state index contributed by atoms with van der Waals surface area (Å²) >= 11 is 0. The number of rotatable bonds is 5. The molecule has 0 heterocycles. The van der Waals surface area contributed by atoms with Crippen molar-refractivity contribution < 1.29 is 9.53 Å². The maximum Gasteiger partial charge on any atom is 0.308 e. The molecule has 6 N–H and O–H groups in total. The summed E-state index contributed by atoms with van der Waals surface area (Å²) < 4.78 is 5.07. The number of nitrogens with two attached hydrogens (primary N) is 3. The van der Waals surface area contributed by atoms with Crippen molar-refractivity contribution in [1.82, 2.24) is 0 Å². The summed E-state index contributed by atoms with van der Waals surface area (Å²) in [6.45, 7) is 7.29. The molecule has 0 fully saturated rings.